The second-order valence-corrected chi connectivity index (χ2v) is 4.53. The highest BCUT2D eigenvalue weighted by Gasteiger charge is 2.09. The number of hydrogen-bond acceptors (Lipinski definition) is 3. The molecule has 0 aliphatic heterocycles. The SMILES string of the molecule is Cc1cc(C)c(NC(=O)NOCC(=O)O)c(Br)c1. The number of benzene rings is 1. The third-order valence-corrected chi connectivity index (χ3v) is 2.66. The first kappa shape index (κ1) is 14.5. The molecular formula is C11H13BrN2O4. The van der Waals surface area contributed by atoms with Gasteiger partial charge in [-0.05, 0) is 47.0 Å². The zero-order chi connectivity index (χ0) is 13.7. The average Bonchev–Trinajstić information content (AvgIpc) is 2.22. The smallest absolute Gasteiger partial charge is 0.343 e. The van der Waals surface area contributed by atoms with Crippen LogP contribution in [0.5, 0.6) is 0 Å². The Kier molecular flexibility index (Phi) is 5.11. The molecule has 0 spiro atoms. The van der Waals surface area contributed by atoms with Crippen LogP contribution in [-0.4, -0.2) is 23.7 Å². The van der Waals surface area contributed by atoms with Crippen molar-refractivity contribution in [2.45, 2.75) is 13.8 Å². The molecule has 0 radical (unpaired) electrons. The summed E-state index contributed by atoms with van der Waals surface area (Å²) in [6.45, 7) is 3.20. The van der Waals surface area contributed by atoms with Gasteiger partial charge in [0, 0.05) is 4.47 Å². The summed E-state index contributed by atoms with van der Waals surface area (Å²) < 4.78 is 0.744. The van der Waals surface area contributed by atoms with Crippen molar-refractivity contribution >= 4 is 33.6 Å². The largest absolute Gasteiger partial charge is 0.479 e. The van der Waals surface area contributed by atoms with Crippen LogP contribution < -0.4 is 10.8 Å². The number of carbonyl (C=O) groups excluding carboxylic acids is 1. The standard InChI is InChI=1S/C11H13BrN2O4/c1-6-3-7(2)10(8(12)4-6)13-11(17)14-18-5-9(15)16/h3-4H,5H2,1-2H3,(H,15,16)(H2,13,14,17). The minimum absolute atomic E-state index is 0.596. The first-order valence-electron chi connectivity index (χ1n) is 5.07. The number of aliphatic carboxylic acids is 1. The summed E-state index contributed by atoms with van der Waals surface area (Å²) in [4.78, 5) is 26.1. The Morgan fingerprint density at radius 1 is 1.39 bits per heavy atom. The van der Waals surface area contributed by atoms with Crippen molar-refractivity contribution in [3.05, 3.63) is 27.7 Å². The lowest BCUT2D eigenvalue weighted by atomic mass is 10.1. The third-order valence-electron chi connectivity index (χ3n) is 2.03. The molecule has 2 amide bonds. The zero-order valence-corrected chi connectivity index (χ0v) is 11.5. The number of urea groups is 1. The highest BCUT2D eigenvalue weighted by Crippen LogP contribution is 2.27. The van der Waals surface area contributed by atoms with E-state index in [0.29, 0.717) is 5.69 Å². The van der Waals surface area contributed by atoms with E-state index in [0.717, 1.165) is 15.6 Å². The van der Waals surface area contributed by atoms with Crippen LogP contribution in [0.3, 0.4) is 0 Å². The van der Waals surface area contributed by atoms with Gasteiger partial charge in [0.2, 0.25) is 0 Å². The monoisotopic (exact) mass is 316 g/mol. The number of hydrogen-bond donors (Lipinski definition) is 3. The number of rotatable bonds is 4. The van der Waals surface area contributed by atoms with Crippen molar-refractivity contribution in [3.8, 4) is 0 Å². The molecule has 0 aliphatic carbocycles. The van der Waals surface area contributed by atoms with Gasteiger partial charge in [-0.15, -0.1) is 0 Å². The van der Waals surface area contributed by atoms with Gasteiger partial charge in [0.05, 0.1) is 5.69 Å². The molecule has 0 fully saturated rings. The van der Waals surface area contributed by atoms with E-state index < -0.39 is 18.6 Å². The molecular weight excluding hydrogens is 304 g/mol. The summed E-state index contributed by atoms with van der Waals surface area (Å²) in [6, 6.07) is 3.14. The predicted octanol–water partition coefficient (Wildman–Crippen LogP) is 2.20. The highest BCUT2D eigenvalue weighted by molar-refractivity contribution is 9.10. The number of hydroxylamine groups is 1. The fourth-order valence-electron chi connectivity index (χ4n) is 1.38. The van der Waals surface area contributed by atoms with Gasteiger partial charge < -0.3 is 10.4 Å². The summed E-state index contributed by atoms with van der Waals surface area (Å²) in [5, 5.41) is 10.9. The lowest BCUT2D eigenvalue weighted by Crippen LogP contribution is -2.31. The zero-order valence-electron chi connectivity index (χ0n) is 9.91. The number of nitrogens with one attached hydrogen (secondary N) is 2. The highest BCUT2D eigenvalue weighted by atomic mass is 79.9. The molecule has 18 heavy (non-hydrogen) atoms. The van der Waals surface area contributed by atoms with Crippen LogP contribution in [0.1, 0.15) is 11.1 Å². The van der Waals surface area contributed by atoms with Crippen molar-refractivity contribution in [2.75, 3.05) is 11.9 Å². The van der Waals surface area contributed by atoms with Gasteiger partial charge >= 0.3 is 12.0 Å². The van der Waals surface area contributed by atoms with Crippen LogP contribution in [0.4, 0.5) is 10.5 Å². The van der Waals surface area contributed by atoms with Gasteiger partial charge in [-0.1, -0.05) is 6.07 Å². The summed E-state index contributed by atoms with van der Waals surface area (Å²) in [6.07, 6.45) is 0. The molecule has 98 valence electrons. The van der Waals surface area contributed by atoms with Gasteiger partial charge in [-0.25, -0.2) is 15.1 Å². The Bertz CT molecular complexity index is 453. The topological polar surface area (TPSA) is 87.7 Å². The van der Waals surface area contributed by atoms with Crippen LogP contribution >= 0.6 is 15.9 Å². The average molecular weight is 317 g/mol. The molecule has 1 aromatic rings. The number of carboxylic acid groups (broad SMARTS) is 1. The number of carboxylic acids is 1. The Hall–Kier alpha value is -1.60. The molecule has 1 rings (SSSR count). The van der Waals surface area contributed by atoms with E-state index >= 15 is 0 Å². The Morgan fingerprint density at radius 3 is 2.61 bits per heavy atom. The van der Waals surface area contributed by atoms with E-state index in [1.54, 1.807) is 0 Å². The molecule has 0 aromatic heterocycles. The fourth-order valence-corrected chi connectivity index (χ4v) is 2.15. The normalized spacial score (nSPS) is 9.94. The summed E-state index contributed by atoms with van der Waals surface area (Å²) in [7, 11) is 0. The lowest BCUT2D eigenvalue weighted by Gasteiger charge is -2.12. The first-order valence-corrected chi connectivity index (χ1v) is 5.86. The number of anilines is 1. The summed E-state index contributed by atoms with van der Waals surface area (Å²) in [5.41, 5.74) is 4.54. The fraction of sp³-hybridized carbons (Fsp3) is 0.273. The van der Waals surface area contributed by atoms with E-state index in [1.807, 2.05) is 31.5 Å². The number of carbonyl (C=O) groups is 2. The second-order valence-electron chi connectivity index (χ2n) is 3.68. The molecule has 0 heterocycles. The lowest BCUT2D eigenvalue weighted by molar-refractivity contribution is -0.143. The quantitative estimate of drug-likeness (QED) is 0.743. The molecule has 0 unspecified atom stereocenters. The van der Waals surface area contributed by atoms with Crippen LogP contribution in [-0.2, 0) is 9.63 Å². The van der Waals surface area contributed by atoms with Gasteiger partial charge in [-0.2, -0.15) is 0 Å². The maximum absolute atomic E-state index is 11.4. The third kappa shape index (κ3) is 4.34. The Morgan fingerprint density at radius 2 is 2.06 bits per heavy atom. The maximum atomic E-state index is 11.4. The molecule has 6 nitrogen and oxygen atoms in total. The van der Waals surface area contributed by atoms with Crippen molar-refractivity contribution in [1.82, 2.24) is 5.48 Å². The molecule has 0 bridgehead atoms. The minimum atomic E-state index is -1.16. The Balaban J connectivity index is 2.62. The number of amides is 2. The molecule has 0 atom stereocenters. The van der Waals surface area contributed by atoms with Crippen LogP contribution in [0.15, 0.2) is 16.6 Å². The van der Waals surface area contributed by atoms with E-state index in [4.69, 9.17) is 5.11 Å². The predicted molar refractivity (Wildman–Crippen MR) is 69.4 cm³/mol. The van der Waals surface area contributed by atoms with E-state index in [2.05, 4.69) is 26.1 Å². The van der Waals surface area contributed by atoms with E-state index in [-0.39, 0.29) is 0 Å². The van der Waals surface area contributed by atoms with Gasteiger partial charge in [-0.3, -0.25) is 4.84 Å². The molecule has 0 aliphatic rings. The van der Waals surface area contributed by atoms with Crippen LogP contribution in [0.25, 0.3) is 0 Å². The first-order chi connectivity index (χ1) is 8.40. The molecule has 0 saturated heterocycles. The second kappa shape index (κ2) is 6.36. The molecule has 7 heteroatoms. The molecule has 3 N–H and O–H groups in total. The molecule has 0 saturated carbocycles. The summed E-state index contributed by atoms with van der Waals surface area (Å²) in [5.74, 6) is -1.16. The number of aryl methyl sites for hydroxylation is 2. The van der Waals surface area contributed by atoms with Crippen molar-refractivity contribution in [1.29, 1.82) is 0 Å². The van der Waals surface area contributed by atoms with Gasteiger partial charge in [0.1, 0.15) is 0 Å². The van der Waals surface area contributed by atoms with Gasteiger partial charge in [0.25, 0.3) is 0 Å². The van der Waals surface area contributed by atoms with Gasteiger partial charge in [0.15, 0.2) is 6.61 Å². The van der Waals surface area contributed by atoms with Crippen LogP contribution in [0.2, 0.25) is 0 Å². The minimum Gasteiger partial charge on any atom is -0.479 e. The molecule has 1 aromatic carbocycles. The van der Waals surface area contributed by atoms with E-state index in [1.165, 1.54) is 0 Å². The maximum Gasteiger partial charge on any atom is 0.343 e. The van der Waals surface area contributed by atoms with Crippen molar-refractivity contribution < 1.29 is 19.5 Å². The van der Waals surface area contributed by atoms with Crippen LogP contribution in [0, 0.1) is 13.8 Å². The summed E-state index contributed by atoms with van der Waals surface area (Å²) >= 11 is 3.34. The Labute approximate surface area is 112 Å². The van der Waals surface area contributed by atoms with Crippen molar-refractivity contribution in [3.63, 3.8) is 0 Å². The van der Waals surface area contributed by atoms with Crippen molar-refractivity contribution in [2.24, 2.45) is 0 Å². The number of halogens is 1. The van der Waals surface area contributed by atoms with E-state index in [9.17, 15) is 9.59 Å².